The minimum absolute atomic E-state index is 0.0535. The first-order chi connectivity index (χ1) is 9.16. The van der Waals surface area contributed by atoms with E-state index < -0.39 is 5.97 Å². The summed E-state index contributed by atoms with van der Waals surface area (Å²) in [6, 6.07) is 7.23. The summed E-state index contributed by atoms with van der Waals surface area (Å²) in [6.07, 6.45) is 1.60. The van der Waals surface area contributed by atoms with Crippen molar-refractivity contribution in [1.29, 1.82) is 0 Å². The van der Waals surface area contributed by atoms with Gasteiger partial charge in [0, 0.05) is 12.4 Å². The Balaban J connectivity index is 2.14. The number of rotatable bonds is 3. The van der Waals surface area contributed by atoms with Crippen molar-refractivity contribution in [3.05, 3.63) is 42.1 Å². The lowest BCUT2D eigenvalue weighted by Crippen LogP contribution is -2.08. The fraction of sp³-hybridized carbons (Fsp3) is 0.167. The number of benzene rings is 1. The predicted octanol–water partition coefficient (Wildman–Crippen LogP) is 0.911. The number of aryl methyl sites for hydroxylation is 1. The second-order valence-electron chi connectivity index (χ2n) is 4.19. The van der Waals surface area contributed by atoms with Gasteiger partial charge in [-0.05, 0) is 6.07 Å². The zero-order valence-electron chi connectivity index (χ0n) is 10.2. The highest BCUT2D eigenvalue weighted by atomic mass is 16.4. The second kappa shape index (κ2) is 4.20. The van der Waals surface area contributed by atoms with Gasteiger partial charge < -0.3 is 9.67 Å². The predicted molar refractivity (Wildman–Crippen MR) is 66.8 cm³/mol. The van der Waals surface area contributed by atoms with Crippen LogP contribution in [0.2, 0.25) is 0 Å². The lowest BCUT2D eigenvalue weighted by atomic mass is 10.2. The van der Waals surface area contributed by atoms with Gasteiger partial charge >= 0.3 is 5.97 Å². The molecule has 3 rings (SSSR count). The summed E-state index contributed by atoms with van der Waals surface area (Å²) in [7, 11) is 1.83. The third-order valence-corrected chi connectivity index (χ3v) is 2.96. The monoisotopic (exact) mass is 257 g/mol. The molecule has 0 saturated heterocycles. The van der Waals surface area contributed by atoms with Gasteiger partial charge in [-0.15, -0.1) is 10.2 Å². The molecule has 0 spiro atoms. The number of hydrogen-bond donors (Lipinski definition) is 1. The molecule has 0 unspecified atom stereocenters. The van der Waals surface area contributed by atoms with Gasteiger partial charge in [-0.1, -0.05) is 18.2 Å². The lowest BCUT2D eigenvalue weighted by Gasteiger charge is -2.02. The molecule has 3 aromatic rings. The van der Waals surface area contributed by atoms with Crippen molar-refractivity contribution in [2.24, 2.45) is 7.05 Å². The van der Waals surface area contributed by atoms with Crippen molar-refractivity contribution in [3.8, 4) is 0 Å². The minimum Gasteiger partial charge on any atom is -0.476 e. The molecule has 0 aliphatic carbocycles. The van der Waals surface area contributed by atoms with Crippen LogP contribution in [-0.2, 0) is 13.6 Å². The quantitative estimate of drug-likeness (QED) is 0.753. The van der Waals surface area contributed by atoms with Gasteiger partial charge in [0.25, 0.3) is 0 Å². The molecule has 0 radical (unpaired) electrons. The molecule has 2 aromatic heterocycles. The van der Waals surface area contributed by atoms with E-state index in [0.717, 1.165) is 5.52 Å². The van der Waals surface area contributed by atoms with Gasteiger partial charge in [-0.3, -0.25) is 4.68 Å². The van der Waals surface area contributed by atoms with Gasteiger partial charge in [0.2, 0.25) is 0 Å². The molecule has 96 valence electrons. The number of fused-ring (bicyclic) bond motifs is 1. The number of aromatic carboxylic acids is 1. The maximum Gasteiger partial charge on any atom is 0.357 e. The van der Waals surface area contributed by atoms with Crippen LogP contribution < -0.4 is 0 Å². The van der Waals surface area contributed by atoms with E-state index in [9.17, 15) is 4.79 Å². The van der Waals surface area contributed by atoms with Crippen LogP contribution in [0.3, 0.4) is 0 Å². The molecule has 19 heavy (non-hydrogen) atoms. The van der Waals surface area contributed by atoms with Crippen LogP contribution in [0.5, 0.6) is 0 Å². The summed E-state index contributed by atoms with van der Waals surface area (Å²) in [5, 5.41) is 21.7. The van der Waals surface area contributed by atoms with E-state index in [2.05, 4.69) is 15.3 Å². The van der Waals surface area contributed by atoms with Crippen LogP contribution in [0.4, 0.5) is 0 Å². The van der Waals surface area contributed by atoms with Crippen LogP contribution in [-0.4, -0.2) is 35.6 Å². The summed E-state index contributed by atoms with van der Waals surface area (Å²) in [5.74, 6) is -0.321. The highest BCUT2D eigenvalue weighted by molar-refractivity contribution is 6.01. The minimum atomic E-state index is -1.03. The van der Waals surface area contributed by atoms with E-state index in [1.165, 1.54) is 0 Å². The number of carbonyl (C=O) groups is 1. The molecule has 1 N–H and O–H groups in total. The van der Waals surface area contributed by atoms with Gasteiger partial charge in [0.15, 0.2) is 11.5 Å². The fourth-order valence-electron chi connectivity index (χ4n) is 1.99. The zero-order chi connectivity index (χ0) is 13.4. The van der Waals surface area contributed by atoms with Crippen LogP contribution in [0, 0.1) is 0 Å². The van der Waals surface area contributed by atoms with E-state index in [1.807, 2.05) is 19.2 Å². The van der Waals surface area contributed by atoms with Gasteiger partial charge in [0.05, 0.1) is 5.52 Å². The number of carboxylic acids is 1. The van der Waals surface area contributed by atoms with Crippen LogP contribution in [0.25, 0.3) is 10.9 Å². The Morgan fingerprint density at radius 3 is 2.84 bits per heavy atom. The molecular formula is C12H11N5O2. The van der Waals surface area contributed by atoms with Gasteiger partial charge in [-0.2, -0.15) is 5.10 Å². The van der Waals surface area contributed by atoms with E-state index in [1.54, 1.807) is 27.7 Å². The molecule has 1 aromatic carbocycles. The number of para-hydroxylation sites is 1. The number of hydrogen-bond acceptors (Lipinski definition) is 4. The third-order valence-electron chi connectivity index (χ3n) is 2.96. The van der Waals surface area contributed by atoms with Crippen LogP contribution in [0.15, 0.2) is 30.6 Å². The Bertz CT molecular complexity index is 758. The second-order valence-corrected chi connectivity index (χ2v) is 4.19. The summed E-state index contributed by atoms with van der Waals surface area (Å²) >= 11 is 0. The number of carboxylic acid groups (broad SMARTS) is 1. The number of aromatic nitrogens is 5. The summed E-state index contributed by atoms with van der Waals surface area (Å²) in [5.41, 5.74) is 0.820. The smallest absolute Gasteiger partial charge is 0.357 e. The maximum atomic E-state index is 11.2. The summed E-state index contributed by atoms with van der Waals surface area (Å²) in [4.78, 5) is 11.2. The van der Waals surface area contributed by atoms with Crippen molar-refractivity contribution in [1.82, 2.24) is 24.5 Å². The van der Waals surface area contributed by atoms with Crippen molar-refractivity contribution in [2.45, 2.75) is 6.54 Å². The first-order valence-corrected chi connectivity index (χ1v) is 5.68. The molecule has 0 atom stereocenters. The molecule has 7 heteroatoms. The van der Waals surface area contributed by atoms with Crippen LogP contribution >= 0.6 is 0 Å². The summed E-state index contributed by atoms with van der Waals surface area (Å²) in [6.45, 7) is 0.379. The molecule has 0 fully saturated rings. The normalized spacial score (nSPS) is 11.0. The Kier molecular flexibility index (Phi) is 2.52. The fourth-order valence-corrected chi connectivity index (χ4v) is 1.99. The summed E-state index contributed by atoms with van der Waals surface area (Å²) < 4.78 is 3.40. The molecule has 0 amide bonds. The van der Waals surface area contributed by atoms with Crippen LogP contribution in [0.1, 0.15) is 16.3 Å². The van der Waals surface area contributed by atoms with Gasteiger partial charge in [0.1, 0.15) is 12.9 Å². The highest BCUT2D eigenvalue weighted by Gasteiger charge is 2.16. The first kappa shape index (κ1) is 11.4. The van der Waals surface area contributed by atoms with E-state index in [-0.39, 0.29) is 5.69 Å². The Morgan fingerprint density at radius 2 is 2.16 bits per heavy atom. The van der Waals surface area contributed by atoms with E-state index in [4.69, 9.17) is 5.11 Å². The highest BCUT2D eigenvalue weighted by Crippen LogP contribution is 2.19. The molecular weight excluding hydrogens is 246 g/mol. The van der Waals surface area contributed by atoms with Crippen molar-refractivity contribution >= 4 is 16.9 Å². The molecule has 0 aliphatic heterocycles. The van der Waals surface area contributed by atoms with E-state index >= 15 is 0 Å². The topological polar surface area (TPSA) is 85.8 Å². The van der Waals surface area contributed by atoms with Crippen molar-refractivity contribution in [2.75, 3.05) is 0 Å². The molecule has 0 bridgehead atoms. The molecule has 0 aliphatic rings. The maximum absolute atomic E-state index is 11.2. The van der Waals surface area contributed by atoms with Crippen molar-refractivity contribution in [3.63, 3.8) is 0 Å². The van der Waals surface area contributed by atoms with Gasteiger partial charge in [-0.25, -0.2) is 4.79 Å². The molecule has 7 nitrogen and oxygen atoms in total. The Labute approximate surface area is 108 Å². The lowest BCUT2D eigenvalue weighted by molar-refractivity contribution is 0.0691. The van der Waals surface area contributed by atoms with Crippen molar-refractivity contribution < 1.29 is 9.90 Å². The Morgan fingerprint density at radius 1 is 1.37 bits per heavy atom. The Hall–Kier alpha value is -2.70. The SMILES string of the molecule is Cn1cnnc1Cn1nc(C(=O)O)c2ccccc21. The first-order valence-electron chi connectivity index (χ1n) is 5.68. The average molecular weight is 257 g/mol. The third kappa shape index (κ3) is 1.85. The standard InChI is InChI=1S/C12H11N5O2/c1-16-7-13-14-10(16)6-17-9-5-3-2-4-8(9)11(15-17)12(18)19/h2-5,7H,6H2,1H3,(H,18,19). The number of nitrogens with zero attached hydrogens (tertiary/aromatic N) is 5. The molecule has 2 heterocycles. The average Bonchev–Trinajstić information content (AvgIpc) is 2.96. The van der Waals surface area contributed by atoms with E-state index in [0.29, 0.717) is 17.8 Å². The molecule has 0 saturated carbocycles. The zero-order valence-corrected chi connectivity index (χ0v) is 10.2. The largest absolute Gasteiger partial charge is 0.476 e.